The molecule has 0 radical (unpaired) electrons. The Morgan fingerprint density at radius 1 is 1.12 bits per heavy atom. The van der Waals surface area contributed by atoms with Crippen molar-refractivity contribution in [2.24, 2.45) is 16.7 Å². The van der Waals surface area contributed by atoms with Crippen LogP contribution in [0.2, 0.25) is 0 Å². The molecule has 0 aromatic heterocycles. The third-order valence-electron chi connectivity index (χ3n) is 9.17. The third-order valence-corrected chi connectivity index (χ3v) is 9.17. The van der Waals surface area contributed by atoms with Crippen LogP contribution < -0.4 is 0 Å². The minimum absolute atomic E-state index is 0.0348. The van der Waals surface area contributed by atoms with Crippen LogP contribution in [0.3, 0.4) is 0 Å². The highest BCUT2D eigenvalue weighted by Gasteiger charge is 2.55. The summed E-state index contributed by atoms with van der Waals surface area (Å²) in [5.74, 6) is 1.69. The zero-order valence-electron chi connectivity index (χ0n) is 19.3. The number of likely N-dealkylation sites (tertiary alicyclic amines) is 1. The molecule has 1 amide bonds. The van der Waals surface area contributed by atoms with Gasteiger partial charge in [-0.1, -0.05) is 31.2 Å². The van der Waals surface area contributed by atoms with Crippen LogP contribution in [-0.2, 0) is 14.3 Å². The van der Waals surface area contributed by atoms with Crippen LogP contribution in [0.5, 0.6) is 0 Å². The average molecular weight is 440 g/mol. The molecule has 0 bridgehead atoms. The molecule has 5 heteroatoms. The van der Waals surface area contributed by atoms with Crippen molar-refractivity contribution < 1.29 is 19.4 Å². The van der Waals surface area contributed by atoms with Crippen LogP contribution in [0.4, 0.5) is 0 Å². The Morgan fingerprint density at radius 2 is 1.84 bits per heavy atom. The summed E-state index contributed by atoms with van der Waals surface area (Å²) in [6.07, 6.45) is 8.63. The fourth-order valence-electron chi connectivity index (χ4n) is 6.89. The van der Waals surface area contributed by atoms with Gasteiger partial charge in [0.2, 0.25) is 0 Å². The van der Waals surface area contributed by atoms with E-state index in [1.807, 2.05) is 4.90 Å². The highest BCUT2D eigenvalue weighted by molar-refractivity contribution is 5.81. The molecule has 1 aromatic rings. The molecule has 2 saturated heterocycles. The van der Waals surface area contributed by atoms with Crippen molar-refractivity contribution >= 4 is 12.2 Å². The van der Waals surface area contributed by atoms with Gasteiger partial charge in [-0.15, -0.1) is 0 Å². The first-order chi connectivity index (χ1) is 15.5. The van der Waals surface area contributed by atoms with Gasteiger partial charge in [0.1, 0.15) is 12.4 Å². The van der Waals surface area contributed by atoms with Crippen LogP contribution in [0, 0.1) is 16.7 Å². The first-order valence-electron chi connectivity index (χ1n) is 12.6. The molecule has 4 fully saturated rings. The fourth-order valence-corrected chi connectivity index (χ4v) is 6.89. The number of carbonyl (C=O) groups excluding carboxylic acids is 2. The van der Waals surface area contributed by atoms with Gasteiger partial charge in [0.15, 0.2) is 0 Å². The van der Waals surface area contributed by atoms with E-state index in [-0.39, 0.29) is 18.6 Å². The van der Waals surface area contributed by atoms with E-state index in [4.69, 9.17) is 4.74 Å². The molecular weight excluding hydrogens is 402 g/mol. The molecule has 1 aromatic carbocycles. The van der Waals surface area contributed by atoms with Gasteiger partial charge < -0.3 is 19.5 Å². The summed E-state index contributed by atoms with van der Waals surface area (Å²) >= 11 is 0. The van der Waals surface area contributed by atoms with Gasteiger partial charge in [-0.25, -0.2) is 0 Å². The van der Waals surface area contributed by atoms with Crippen molar-refractivity contribution in [2.75, 3.05) is 26.3 Å². The van der Waals surface area contributed by atoms with E-state index >= 15 is 0 Å². The summed E-state index contributed by atoms with van der Waals surface area (Å²) < 4.78 is 5.60. The fraction of sp³-hybridized carbons (Fsp3) is 0.704. The Balaban J connectivity index is 1.17. The predicted molar refractivity (Wildman–Crippen MR) is 122 cm³/mol. The Bertz CT molecular complexity index is 838. The van der Waals surface area contributed by atoms with E-state index in [2.05, 4.69) is 31.2 Å². The number of amides is 1. The lowest BCUT2D eigenvalue weighted by Gasteiger charge is -2.39. The maximum Gasteiger partial charge on any atom is 0.251 e. The molecule has 32 heavy (non-hydrogen) atoms. The zero-order chi connectivity index (χ0) is 22.3. The van der Waals surface area contributed by atoms with E-state index in [0.29, 0.717) is 23.2 Å². The van der Waals surface area contributed by atoms with E-state index < -0.39 is 5.41 Å². The summed E-state index contributed by atoms with van der Waals surface area (Å²) in [4.78, 5) is 26.2. The number of aldehydes is 1. The minimum Gasteiger partial charge on any atom is -0.395 e. The van der Waals surface area contributed by atoms with Crippen LogP contribution >= 0.6 is 0 Å². The lowest BCUT2D eigenvalue weighted by molar-refractivity contribution is -0.142. The van der Waals surface area contributed by atoms with Crippen molar-refractivity contribution in [3.05, 3.63) is 35.4 Å². The van der Waals surface area contributed by atoms with Gasteiger partial charge in [-0.2, -0.15) is 0 Å². The standard InChI is InChI=1S/C27H37NO4/c1-19-15-26(17-29,18-30)9-8-22(19)20-4-6-21(7-5-20)23-16-27(23)10-12-28(13-11-27)25(31)24-3-2-14-32-24/h4-7,17,19,22-24,30H,2-3,8-16,18H2,1H3/t19?,22?,23-,24-,26?/m1/s1. The summed E-state index contributed by atoms with van der Waals surface area (Å²) in [5.41, 5.74) is 2.66. The van der Waals surface area contributed by atoms with Gasteiger partial charge in [-0.05, 0) is 85.7 Å². The molecule has 1 spiro atoms. The maximum absolute atomic E-state index is 12.6. The van der Waals surface area contributed by atoms with Crippen LogP contribution in [0.15, 0.2) is 24.3 Å². The highest BCUT2D eigenvalue weighted by Crippen LogP contribution is 2.65. The average Bonchev–Trinajstić information content (AvgIpc) is 3.25. The second-order valence-electron chi connectivity index (χ2n) is 11.1. The van der Waals surface area contributed by atoms with E-state index in [1.54, 1.807) is 0 Å². The van der Waals surface area contributed by atoms with Gasteiger partial charge in [-0.3, -0.25) is 4.79 Å². The highest BCUT2D eigenvalue weighted by atomic mass is 16.5. The molecule has 5 rings (SSSR count). The summed E-state index contributed by atoms with van der Waals surface area (Å²) in [7, 11) is 0. The molecule has 174 valence electrons. The molecule has 2 heterocycles. The molecule has 4 aliphatic rings. The lowest BCUT2D eigenvalue weighted by atomic mass is 9.65. The van der Waals surface area contributed by atoms with Crippen molar-refractivity contribution in [1.82, 2.24) is 4.90 Å². The molecule has 2 saturated carbocycles. The number of piperidine rings is 1. The smallest absolute Gasteiger partial charge is 0.251 e. The number of benzene rings is 1. The van der Waals surface area contributed by atoms with Crippen molar-refractivity contribution in [3.8, 4) is 0 Å². The van der Waals surface area contributed by atoms with Gasteiger partial charge in [0.05, 0.1) is 6.61 Å². The molecule has 2 aliphatic carbocycles. The molecule has 3 unspecified atom stereocenters. The molecule has 2 aliphatic heterocycles. The molecule has 5 nitrogen and oxygen atoms in total. The van der Waals surface area contributed by atoms with Crippen molar-refractivity contribution in [1.29, 1.82) is 0 Å². The normalized spacial score (nSPS) is 36.2. The van der Waals surface area contributed by atoms with Crippen LogP contribution in [0.25, 0.3) is 0 Å². The van der Waals surface area contributed by atoms with E-state index in [0.717, 1.165) is 70.9 Å². The predicted octanol–water partition coefficient (Wildman–Crippen LogP) is 4.04. The Labute approximate surface area is 191 Å². The monoisotopic (exact) mass is 439 g/mol. The number of nitrogens with zero attached hydrogens (tertiary/aromatic N) is 1. The number of aliphatic hydroxyl groups is 1. The number of ether oxygens (including phenoxy) is 1. The van der Waals surface area contributed by atoms with Gasteiger partial charge in [0.25, 0.3) is 5.91 Å². The van der Waals surface area contributed by atoms with E-state index in [9.17, 15) is 14.7 Å². The summed E-state index contributed by atoms with van der Waals surface area (Å²) in [5, 5.41) is 9.68. The van der Waals surface area contributed by atoms with Gasteiger partial charge >= 0.3 is 0 Å². The third kappa shape index (κ3) is 3.92. The molecular formula is C27H37NO4. The molecule has 5 atom stereocenters. The largest absolute Gasteiger partial charge is 0.395 e. The Kier molecular flexibility index (Phi) is 5.91. The SMILES string of the molecule is CC1CC(C=O)(CO)CCC1c1ccc([C@H]2CC23CCN(C(=O)[C@H]2CCCO2)CC3)cc1. The van der Waals surface area contributed by atoms with Gasteiger partial charge in [0, 0.05) is 25.1 Å². The Morgan fingerprint density at radius 3 is 2.44 bits per heavy atom. The van der Waals surface area contributed by atoms with Crippen molar-refractivity contribution in [2.45, 2.75) is 76.2 Å². The number of aliphatic hydroxyl groups excluding tert-OH is 1. The second kappa shape index (κ2) is 8.57. The number of carbonyl (C=O) groups is 2. The number of hydrogen-bond acceptors (Lipinski definition) is 4. The number of hydrogen-bond donors (Lipinski definition) is 1. The van der Waals surface area contributed by atoms with Crippen LogP contribution in [-0.4, -0.2) is 54.6 Å². The first-order valence-corrected chi connectivity index (χ1v) is 12.6. The quantitative estimate of drug-likeness (QED) is 0.703. The van der Waals surface area contributed by atoms with Crippen molar-refractivity contribution in [3.63, 3.8) is 0 Å². The zero-order valence-corrected chi connectivity index (χ0v) is 19.3. The number of rotatable bonds is 5. The second-order valence-corrected chi connectivity index (χ2v) is 11.1. The van der Waals surface area contributed by atoms with Crippen LogP contribution in [0.1, 0.15) is 81.3 Å². The topological polar surface area (TPSA) is 66.8 Å². The Hall–Kier alpha value is -1.72. The summed E-state index contributed by atoms with van der Waals surface area (Å²) in [6.45, 7) is 4.65. The lowest BCUT2D eigenvalue weighted by Crippen LogP contribution is -2.44. The first kappa shape index (κ1) is 22.1. The van der Waals surface area contributed by atoms with E-state index in [1.165, 1.54) is 17.5 Å². The summed E-state index contributed by atoms with van der Waals surface area (Å²) in [6, 6.07) is 9.23. The maximum atomic E-state index is 12.6. The minimum atomic E-state index is -0.531. The molecule has 1 N–H and O–H groups in total.